The number of methoxy groups -OCH3 is 2. The van der Waals surface area contributed by atoms with Gasteiger partial charge in [-0.25, -0.2) is 35.4 Å². The van der Waals surface area contributed by atoms with Crippen LogP contribution >= 0.6 is 46.4 Å². The number of anilines is 2. The standard InChI is InChI=1S/C22H19Cl2F3N3O5S.C22H18Cl2F3N3O4S/c1-12-6-7-29(32)13(2)19(12)21(31)20-18(8-14(23)10-28-20)30(11-35-3)36(33,34)15-4-5-17(24)16(9-15)22(25,26)27;1-12-6-7-28-13(2)19(12)21(31)20-18(8-14(23)10-29-20)30(11-34-3)35(32,33)15-4-5-17(24)16(9-15)22(25,26)27/h4-10,32H,11H2,1-3H3;4-10H,11H2,1-3H3/q+1;. The van der Waals surface area contributed by atoms with Gasteiger partial charge < -0.3 is 9.47 Å². The minimum absolute atomic E-state index is 0.0143. The number of carbonyl (C=O) groups excluding carboxylic acids is 2. The molecule has 0 atom stereocenters. The van der Waals surface area contributed by atoms with Gasteiger partial charge in [-0.3, -0.25) is 19.8 Å². The Labute approximate surface area is 422 Å². The molecular weight excluding hydrogens is 1080 g/mol. The van der Waals surface area contributed by atoms with E-state index < -0.39 is 88.4 Å². The molecule has 0 aliphatic heterocycles. The summed E-state index contributed by atoms with van der Waals surface area (Å²) >= 11 is 23.4. The Morgan fingerprint density at radius 2 is 1.04 bits per heavy atom. The van der Waals surface area contributed by atoms with Crippen LogP contribution in [-0.4, -0.2) is 76.2 Å². The lowest BCUT2D eigenvalue weighted by Crippen LogP contribution is -2.37. The molecular formula is C44H37Cl4F6N6O9S2+. The maximum absolute atomic E-state index is 13.5. The van der Waals surface area contributed by atoms with Crippen LogP contribution in [0.4, 0.5) is 37.7 Å². The van der Waals surface area contributed by atoms with E-state index in [-0.39, 0.29) is 49.6 Å². The molecule has 0 unspecified atom stereocenters. The SMILES string of the molecule is COCN(c1cc(Cl)cnc1C(=O)c1c(C)cc[n+](O)c1C)S(=O)(=O)c1ccc(Cl)c(C(F)(F)F)c1.COCN(c1cc(Cl)cnc1C(=O)c1c(C)ccnc1C)S(=O)(=O)c1ccc(Cl)c(C(F)(F)F)c1. The Kier molecular flexibility index (Phi) is 17.4. The van der Waals surface area contributed by atoms with E-state index in [0.717, 1.165) is 49.8 Å². The summed E-state index contributed by atoms with van der Waals surface area (Å²) < 4.78 is 146. The highest BCUT2D eigenvalue weighted by Gasteiger charge is 2.39. The number of hydrogen-bond acceptors (Lipinski definition) is 12. The molecule has 0 saturated heterocycles. The molecule has 0 saturated carbocycles. The molecule has 6 rings (SSSR count). The first-order valence-electron chi connectivity index (χ1n) is 19.8. The Balaban J connectivity index is 0.000000264. The zero-order valence-electron chi connectivity index (χ0n) is 37.5. The van der Waals surface area contributed by atoms with Gasteiger partial charge >= 0.3 is 12.4 Å². The molecule has 71 heavy (non-hydrogen) atoms. The molecule has 0 aliphatic rings. The van der Waals surface area contributed by atoms with Gasteiger partial charge in [-0.2, -0.15) is 26.3 Å². The average molecular weight is 1110 g/mol. The third-order valence-electron chi connectivity index (χ3n) is 10.2. The number of carbonyl (C=O) groups is 2. The Morgan fingerprint density at radius 1 is 0.634 bits per heavy atom. The number of benzene rings is 2. The number of hydrogen-bond donors (Lipinski definition) is 1. The molecule has 27 heteroatoms. The van der Waals surface area contributed by atoms with Crippen LogP contribution in [0, 0.1) is 27.7 Å². The number of pyridine rings is 4. The van der Waals surface area contributed by atoms with Crippen molar-refractivity contribution in [2.45, 2.75) is 49.8 Å². The third-order valence-corrected chi connectivity index (χ3v) is 14.7. The zero-order chi connectivity index (χ0) is 53.1. The van der Waals surface area contributed by atoms with Gasteiger partial charge in [0.05, 0.1) is 57.9 Å². The Morgan fingerprint density at radius 3 is 1.44 bits per heavy atom. The second kappa shape index (κ2) is 22.0. The van der Waals surface area contributed by atoms with Crippen molar-refractivity contribution < 1.29 is 72.2 Å². The maximum atomic E-state index is 13.5. The molecule has 4 heterocycles. The number of sulfonamides is 2. The molecule has 378 valence electrons. The summed E-state index contributed by atoms with van der Waals surface area (Å²) in [5.41, 5.74) is -2.21. The van der Waals surface area contributed by atoms with E-state index in [4.69, 9.17) is 55.9 Å². The fourth-order valence-corrected chi connectivity index (χ4v) is 10.3. The summed E-state index contributed by atoms with van der Waals surface area (Å²) in [5.74, 6) is -1.41. The van der Waals surface area contributed by atoms with Crippen LogP contribution in [0.5, 0.6) is 0 Å². The van der Waals surface area contributed by atoms with Crippen LogP contribution in [0.15, 0.2) is 95.2 Å². The molecule has 0 amide bonds. The molecule has 0 aliphatic carbocycles. The highest BCUT2D eigenvalue weighted by atomic mass is 35.5. The van der Waals surface area contributed by atoms with Crippen molar-refractivity contribution >= 4 is 89.4 Å². The van der Waals surface area contributed by atoms with Gasteiger partial charge in [0.25, 0.3) is 20.0 Å². The largest absolute Gasteiger partial charge is 0.417 e. The first-order valence-corrected chi connectivity index (χ1v) is 24.2. The Bertz CT molecular complexity index is 3260. The zero-order valence-corrected chi connectivity index (χ0v) is 42.1. The minimum Gasteiger partial charge on any atom is -0.363 e. The van der Waals surface area contributed by atoms with Crippen molar-refractivity contribution in [3.8, 4) is 0 Å². The fourth-order valence-electron chi connectivity index (χ4n) is 6.77. The van der Waals surface area contributed by atoms with Gasteiger partial charge in [0.2, 0.25) is 23.5 Å². The van der Waals surface area contributed by atoms with Gasteiger partial charge in [-0.05, 0) is 86.5 Å². The highest BCUT2D eigenvalue weighted by molar-refractivity contribution is 7.93. The van der Waals surface area contributed by atoms with E-state index in [1.165, 1.54) is 38.6 Å². The lowest BCUT2D eigenvalue weighted by atomic mass is 10.0. The Hall–Kier alpha value is -5.66. The van der Waals surface area contributed by atoms with Gasteiger partial charge in [-0.1, -0.05) is 46.4 Å². The summed E-state index contributed by atoms with van der Waals surface area (Å²) in [6.07, 6.45) is -4.73. The minimum atomic E-state index is -4.92. The number of alkyl halides is 6. The van der Waals surface area contributed by atoms with Crippen LogP contribution < -0.4 is 13.3 Å². The van der Waals surface area contributed by atoms with Crippen molar-refractivity contribution in [1.29, 1.82) is 0 Å². The third kappa shape index (κ3) is 12.2. The summed E-state index contributed by atoms with van der Waals surface area (Å²) in [5, 5.41) is 8.59. The number of aromatic nitrogens is 4. The van der Waals surface area contributed by atoms with E-state index in [1.54, 1.807) is 26.8 Å². The lowest BCUT2D eigenvalue weighted by molar-refractivity contribution is -0.908. The fraction of sp³-hybridized carbons (Fsp3) is 0.227. The number of ketones is 2. The van der Waals surface area contributed by atoms with E-state index in [2.05, 4.69) is 15.0 Å². The average Bonchev–Trinajstić information content (AvgIpc) is 3.28. The maximum Gasteiger partial charge on any atom is 0.417 e. The summed E-state index contributed by atoms with van der Waals surface area (Å²) in [6.45, 7) is 5.00. The number of nitrogens with zero attached hydrogens (tertiary/aromatic N) is 6. The van der Waals surface area contributed by atoms with Crippen molar-refractivity contribution in [2.75, 3.05) is 36.3 Å². The second-order valence-corrected chi connectivity index (χ2v) is 20.3. The highest BCUT2D eigenvalue weighted by Crippen LogP contribution is 2.40. The van der Waals surface area contributed by atoms with Crippen molar-refractivity contribution in [3.63, 3.8) is 0 Å². The molecule has 4 aromatic heterocycles. The monoisotopic (exact) mass is 1110 g/mol. The van der Waals surface area contributed by atoms with Crippen LogP contribution in [0.1, 0.15) is 65.7 Å². The van der Waals surface area contributed by atoms with E-state index >= 15 is 0 Å². The van der Waals surface area contributed by atoms with E-state index in [9.17, 15) is 58.0 Å². The number of halogens is 10. The van der Waals surface area contributed by atoms with E-state index in [1.807, 2.05) is 0 Å². The van der Waals surface area contributed by atoms with E-state index in [0.29, 0.717) is 42.3 Å². The molecule has 6 aromatic rings. The number of rotatable bonds is 14. The first-order chi connectivity index (χ1) is 33.0. The topological polar surface area (TPSA) is 190 Å². The van der Waals surface area contributed by atoms with Gasteiger partial charge in [0, 0.05) is 61.8 Å². The lowest BCUT2D eigenvalue weighted by Gasteiger charge is -2.26. The van der Waals surface area contributed by atoms with Crippen LogP contribution in [0.25, 0.3) is 0 Å². The second-order valence-electron chi connectivity index (χ2n) is 14.9. The summed E-state index contributed by atoms with van der Waals surface area (Å²) in [7, 11) is -7.12. The molecule has 0 fully saturated rings. The van der Waals surface area contributed by atoms with Gasteiger partial charge in [0.1, 0.15) is 24.8 Å². The predicted molar refractivity (Wildman–Crippen MR) is 248 cm³/mol. The van der Waals surface area contributed by atoms with Crippen molar-refractivity contribution in [3.05, 3.63) is 162 Å². The summed E-state index contributed by atoms with van der Waals surface area (Å²) in [4.78, 5) is 37.6. The number of aryl methyl sites for hydroxylation is 3. The van der Waals surface area contributed by atoms with Crippen LogP contribution in [0.2, 0.25) is 20.1 Å². The molecule has 15 nitrogen and oxygen atoms in total. The molecule has 0 radical (unpaired) electrons. The predicted octanol–water partition coefficient (Wildman–Crippen LogP) is 10.0. The molecule has 0 spiro atoms. The van der Waals surface area contributed by atoms with Crippen molar-refractivity contribution in [2.24, 2.45) is 0 Å². The van der Waals surface area contributed by atoms with Gasteiger partial charge in [-0.15, -0.1) is 0 Å². The van der Waals surface area contributed by atoms with Crippen LogP contribution in [-0.2, 0) is 41.9 Å². The number of ether oxygens (including phenoxy) is 2. The first kappa shape index (κ1) is 56.3. The normalized spacial score (nSPS) is 12.0. The van der Waals surface area contributed by atoms with Gasteiger partial charge in [0.15, 0.2) is 0 Å². The molecule has 0 bridgehead atoms. The van der Waals surface area contributed by atoms with Crippen LogP contribution in [0.3, 0.4) is 0 Å². The quantitative estimate of drug-likeness (QED) is 0.0358. The molecule has 2 aromatic carbocycles. The van der Waals surface area contributed by atoms with Crippen molar-refractivity contribution in [1.82, 2.24) is 15.0 Å². The smallest absolute Gasteiger partial charge is 0.363 e. The summed E-state index contributed by atoms with van der Waals surface area (Å²) in [6, 6.07) is 9.61. The molecule has 1 N–H and O–H groups in total.